The Bertz CT molecular complexity index is 1020. The van der Waals surface area contributed by atoms with Gasteiger partial charge in [-0.2, -0.15) is 0 Å². The van der Waals surface area contributed by atoms with Crippen molar-refractivity contribution in [2.45, 2.75) is 18.7 Å². The monoisotopic (exact) mass is 356 g/mol. The number of benzene rings is 2. The van der Waals surface area contributed by atoms with Gasteiger partial charge in [-0.3, -0.25) is 4.72 Å². The Morgan fingerprint density at radius 2 is 1.68 bits per heavy atom. The van der Waals surface area contributed by atoms with Gasteiger partial charge in [-0.25, -0.2) is 17.8 Å². The van der Waals surface area contributed by atoms with Gasteiger partial charge < -0.3 is 0 Å². The number of sulfonamides is 1. The van der Waals surface area contributed by atoms with Crippen LogP contribution in [0.2, 0.25) is 0 Å². The van der Waals surface area contributed by atoms with Crippen LogP contribution in [0.25, 0.3) is 11.1 Å². The van der Waals surface area contributed by atoms with Crippen LogP contribution in [0, 0.1) is 19.7 Å². The number of halogens is 1. The van der Waals surface area contributed by atoms with E-state index in [1.165, 1.54) is 18.2 Å². The van der Waals surface area contributed by atoms with E-state index in [2.05, 4.69) is 9.71 Å². The van der Waals surface area contributed by atoms with Gasteiger partial charge in [0, 0.05) is 5.69 Å². The van der Waals surface area contributed by atoms with Crippen LogP contribution in [0.1, 0.15) is 11.3 Å². The molecule has 1 heterocycles. The maximum atomic E-state index is 13.1. The van der Waals surface area contributed by atoms with Crippen LogP contribution in [0.5, 0.6) is 0 Å². The van der Waals surface area contributed by atoms with Crippen LogP contribution >= 0.6 is 0 Å². The topological polar surface area (TPSA) is 59.1 Å². The molecular formula is C19H17FN2O2S. The number of rotatable bonds is 4. The number of anilines is 1. The van der Waals surface area contributed by atoms with E-state index >= 15 is 0 Å². The average molecular weight is 356 g/mol. The molecule has 0 saturated carbocycles. The van der Waals surface area contributed by atoms with Crippen molar-refractivity contribution in [2.75, 3.05) is 4.72 Å². The third-order valence-electron chi connectivity index (χ3n) is 3.79. The van der Waals surface area contributed by atoms with E-state index in [9.17, 15) is 12.8 Å². The van der Waals surface area contributed by atoms with Gasteiger partial charge in [0.2, 0.25) is 0 Å². The molecule has 0 radical (unpaired) electrons. The second-order valence-corrected chi connectivity index (χ2v) is 7.44. The number of hydrogen-bond acceptors (Lipinski definition) is 3. The largest absolute Gasteiger partial charge is 0.263 e. The smallest absolute Gasteiger partial charge is 0.263 e. The summed E-state index contributed by atoms with van der Waals surface area (Å²) in [4.78, 5) is 4.31. The quantitative estimate of drug-likeness (QED) is 0.758. The molecule has 0 aliphatic carbocycles. The number of hydrogen-bond donors (Lipinski definition) is 1. The second-order valence-electron chi connectivity index (χ2n) is 5.75. The first-order valence-corrected chi connectivity index (χ1v) is 9.16. The molecule has 0 spiro atoms. The highest BCUT2D eigenvalue weighted by molar-refractivity contribution is 7.92. The molecule has 25 heavy (non-hydrogen) atoms. The van der Waals surface area contributed by atoms with Gasteiger partial charge in [0.25, 0.3) is 10.0 Å². The van der Waals surface area contributed by atoms with Crippen LogP contribution in [0.4, 0.5) is 10.2 Å². The van der Waals surface area contributed by atoms with Crippen LogP contribution in [-0.2, 0) is 10.0 Å². The summed E-state index contributed by atoms with van der Waals surface area (Å²) in [5.41, 5.74) is 3.19. The molecule has 128 valence electrons. The molecular weight excluding hydrogens is 339 g/mol. The van der Waals surface area contributed by atoms with Crippen molar-refractivity contribution >= 4 is 15.8 Å². The van der Waals surface area contributed by atoms with Gasteiger partial charge in [0.1, 0.15) is 11.6 Å². The van der Waals surface area contributed by atoms with Gasteiger partial charge in [-0.1, -0.05) is 24.3 Å². The Hall–Kier alpha value is -2.73. The zero-order valence-corrected chi connectivity index (χ0v) is 14.6. The lowest BCUT2D eigenvalue weighted by Gasteiger charge is -2.11. The molecule has 1 N–H and O–H groups in total. The first kappa shape index (κ1) is 17.1. The van der Waals surface area contributed by atoms with Crippen LogP contribution in [0.3, 0.4) is 0 Å². The Morgan fingerprint density at radius 3 is 2.32 bits per heavy atom. The minimum Gasteiger partial charge on any atom is -0.263 e. The third kappa shape index (κ3) is 3.85. The first-order valence-electron chi connectivity index (χ1n) is 7.68. The van der Waals surface area contributed by atoms with Gasteiger partial charge in [0.15, 0.2) is 0 Å². The summed E-state index contributed by atoms with van der Waals surface area (Å²) in [6.45, 7) is 3.61. The van der Waals surface area contributed by atoms with Crippen molar-refractivity contribution in [3.63, 3.8) is 0 Å². The molecule has 1 aromatic heterocycles. The van der Waals surface area contributed by atoms with Crippen molar-refractivity contribution in [3.05, 3.63) is 77.7 Å². The SMILES string of the molecule is Cc1cccc(NS(=O)(=O)c2ccc(-c3ccc(F)cc3)c(C)c2)n1. The molecule has 0 fully saturated rings. The number of pyridine rings is 1. The molecule has 2 aromatic carbocycles. The van der Waals surface area contributed by atoms with Crippen LogP contribution in [0.15, 0.2) is 65.6 Å². The van der Waals surface area contributed by atoms with E-state index in [0.29, 0.717) is 0 Å². The molecule has 0 aliphatic heterocycles. The predicted octanol–water partition coefficient (Wildman–Crippen LogP) is 4.31. The molecule has 0 atom stereocenters. The van der Waals surface area contributed by atoms with E-state index in [1.807, 2.05) is 6.92 Å². The number of nitrogens with one attached hydrogen (secondary N) is 1. The summed E-state index contributed by atoms with van der Waals surface area (Å²) in [6, 6.07) is 16.1. The maximum Gasteiger partial charge on any atom is 0.263 e. The summed E-state index contributed by atoms with van der Waals surface area (Å²) in [5, 5.41) is 0. The second kappa shape index (κ2) is 6.64. The fourth-order valence-electron chi connectivity index (χ4n) is 2.55. The fraction of sp³-hybridized carbons (Fsp3) is 0.105. The van der Waals surface area contributed by atoms with Crippen LogP contribution in [-0.4, -0.2) is 13.4 Å². The highest BCUT2D eigenvalue weighted by Crippen LogP contribution is 2.26. The van der Waals surface area contributed by atoms with Gasteiger partial charge in [-0.15, -0.1) is 0 Å². The van der Waals surface area contributed by atoms with E-state index < -0.39 is 10.0 Å². The van der Waals surface area contributed by atoms with Gasteiger partial charge in [-0.05, 0) is 66.9 Å². The molecule has 0 bridgehead atoms. The number of aryl methyl sites for hydroxylation is 2. The number of nitrogens with zero attached hydrogens (tertiary/aromatic N) is 1. The lowest BCUT2D eigenvalue weighted by atomic mass is 10.0. The zero-order valence-electron chi connectivity index (χ0n) is 13.8. The summed E-state index contributed by atoms with van der Waals surface area (Å²) in [6.07, 6.45) is 0. The van der Waals surface area contributed by atoms with Crippen LogP contribution < -0.4 is 4.72 Å². The van der Waals surface area contributed by atoms with E-state index in [-0.39, 0.29) is 16.5 Å². The molecule has 0 unspecified atom stereocenters. The minimum absolute atomic E-state index is 0.152. The molecule has 6 heteroatoms. The Balaban J connectivity index is 1.92. The summed E-state index contributed by atoms with van der Waals surface area (Å²) < 4.78 is 40.7. The fourth-order valence-corrected chi connectivity index (χ4v) is 3.64. The summed E-state index contributed by atoms with van der Waals surface area (Å²) >= 11 is 0. The van der Waals surface area contributed by atoms with E-state index in [0.717, 1.165) is 22.4 Å². The summed E-state index contributed by atoms with van der Waals surface area (Å²) in [5.74, 6) is -0.0317. The molecule has 0 aliphatic rings. The first-order chi connectivity index (χ1) is 11.8. The molecule has 3 aromatic rings. The average Bonchev–Trinajstić information content (AvgIpc) is 2.55. The van der Waals surface area contributed by atoms with Crippen molar-refractivity contribution in [3.8, 4) is 11.1 Å². The molecule has 0 saturated heterocycles. The highest BCUT2D eigenvalue weighted by atomic mass is 32.2. The zero-order chi connectivity index (χ0) is 18.0. The molecule has 4 nitrogen and oxygen atoms in total. The third-order valence-corrected chi connectivity index (χ3v) is 5.14. The Morgan fingerprint density at radius 1 is 0.960 bits per heavy atom. The number of aromatic nitrogens is 1. The predicted molar refractivity (Wildman–Crippen MR) is 96.4 cm³/mol. The lowest BCUT2D eigenvalue weighted by Crippen LogP contribution is -2.14. The molecule has 0 amide bonds. The Labute approximate surface area is 146 Å². The maximum absolute atomic E-state index is 13.1. The van der Waals surface area contributed by atoms with Crippen molar-refractivity contribution in [2.24, 2.45) is 0 Å². The van der Waals surface area contributed by atoms with Crippen molar-refractivity contribution < 1.29 is 12.8 Å². The lowest BCUT2D eigenvalue weighted by molar-refractivity contribution is 0.601. The van der Waals surface area contributed by atoms with Crippen molar-refractivity contribution in [1.82, 2.24) is 4.98 Å². The Kier molecular flexibility index (Phi) is 4.55. The van der Waals surface area contributed by atoms with E-state index in [1.54, 1.807) is 49.4 Å². The van der Waals surface area contributed by atoms with Gasteiger partial charge in [0.05, 0.1) is 4.90 Å². The van der Waals surface area contributed by atoms with Crippen molar-refractivity contribution in [1.29, 1.82) is 0 Å². The minimum atomic E-state index is -3.73. The molecule has 3 rings (SSSR count). The normalized spacial score (nSPS) is 11.3. The van der Waals surface area contributed by atoms with Gasteiger partial charge >= 0.3 is 0 Å². The summed E-state index contributed by atoms with van der Waals surface area (Å²) in [7, 11) is -3.73. The van der Waals surface area contributed by atoms with E-state index in [4.69, 9.17) is 0 Å². The standard InChI is InChI=1S/C19H17FN2O2S/c1-13-12-17(10-11-18(13)15-6-8-16(20)9-7-15)25(23,24)22-19-5-3-4-14(2)21-19/h3-12H,1-2H3,(H,21,22). The highest BCUT2D eigenvalue weighted by Gasteiger charge is 2.16.